The first kappa shape index (κ1) is 19.0. The van der Waals surface area contributed by atoms with E-state index in [2.05, 4.69) is 10.4 Å². The molecule has 0 radical (unpaired) electrons. The van der Waals surface area contributed by atoms with Crippen LogP contribution in [-0.2, 0) is 10.3 Å². The third-order valence-electron chi connectivity index (χ3n) is 3.79. The van der Waals surface area contributed by atoms with Gasteiger partial charge in [0.2, 0.25) is 0 Å². The third kappa shape index (κ3) is 4.20. The highest BCUT2D eigenvalue weighted by molar-refractivity contribution is 6.33. The molecule has 0 spiro atoms. The molecule has 0 aliphatic rings. The number of carboxylic acid groups (broad SMARTS) is 1. The molecule has 25 heavy (non-hydrogen) atoms. The van der Waals surface area contributed by atoms with Gasteiger partial charge in [-0.05, 0) is 33.3 Å². The van der Waals surface area contributed by atoms with Crippen molar-refractivity contribution in [2.45, 2.75) is 45.7 Å². The lowest BCUT2D eigenvalue weighted by Gasteiger charge is -2.18. The standard InChI is InChI=1S/C18H22ClN3O3/c1-5-14(17(24)25)20-16(23)12-10-22(18(2,3)4)21-15(12)11-8-6-7-9-13(11)19/h6-10,14H,5H2,1-4H3,(H,20,23)(H,24,25). The van der Waals surface area contributed by atoms with E-state index < -0.39 is 17.9 Å². The van der Waals surface area contributed by atoms with E-state index in [4.69, 9.17) is 11.6 Å². The highest BCUT2D eigenvalue weighted by Gasteiger charge is 2.26. The van der Waals surface area contributed by atoms with Crippen LogP contribution in [0.15, 0.2) is 30.5 Å². The van der Waals surface area contributed by atoms with E-state index in [9.17, 15) is 14.7 Å². The number of carbonyl (C=O) groups is 2. The van der Waals surface area contributed by atoms with E-state index >= 15 is 0 Å². The molecule has 0 saturated heterocycles. The van der Waals surface area contributed by atoms with Crippen LogP contribution in [0.3, 0.4) is 0 Å². The Hall–Kier alpha value is -2.34. The van der Waals surface area contributed by atoms with Gasteiger partial charge in [-0.3, -0.25) is 9.48 Å². The number of benzene rings is 1. The zero-order valence-electron chi connectivity index (χ0n) is 14.7. The molecule has 7 heteroatoms. The lowest BCUT2D eigenvalue weighted by molar-refractivity contribution is -0.139. The summed E-state index contributed by atoms with van der Waals surface area (Å²) in [6.07, 6.45) is 1.92. The van der Waals surface area contributed by atoms with Crippen molar-refractivity contribution < 1.29 is 14.7 Å². The Bertz CT molecular complexity index is 793. The molecule has 0 aliphatic heterocycles. The van der Waals surface area contributed by atoms with Gasteiger partial charge in [-0.1, -0.05) is 36.7 Å². The van der Waals surface area contributed by atoms with Gasteiger partial charge in [0.25, 0.3) is 5.91 Å². The van der Waals surface area contributed by atoms with Gasteiger partial charge < -0.3 is 10.4 Å². The van der Waals surface area contributed by atoms with E-state index in [0.29, 0.717) is 21.8 Å². The fourth-order valence-corrected chi connectivity index (χ4v) is 2.54. The molecule has 1 aromatic carbocycles. The number of carboxylic acids is 1. The molecular formula is C18H22ClN3O3. The van der Waals surface area contributed by atoms with Gasteiger partial charge in [0, 0.05) is 11.8 Å². The van der Waals surface area contributed by atoms with Crippen LogP contribution in [0.2, 0.25) is 5.02 Å². The lowest BCUT2D eigenvalue weighted by atomic mass is 10.1. The predicted molar refractivity (Wildman–Crippen MR) is 96.9 cm³/mol. The molecular weight excluding hydrogens is 342 g/mol. The minimum atomic E-state index is -1.07. The summed E-state index contributed by atoms with van der Waals surface area (Å²) in [5.74, 6) is -1.56. The van der Waals surface area contributed by atoms with Crippen LogP contribution in [0.25, 0.3) is 11.3 Å². The van der Waals surface area contributed by atoms with Crippen molar-refractivity contribution in [3.63, 3.8) is 0 Å². The summed E-state index contributed by atoms with van der Waals surface area (Å²) in [6.45, 7) is 7.59. The lowest BCUT2D eigenvalue weighted by Crippen LogP contribution is -2.40. The van der Waals surface area contributed by atoms with Crippen LogP contribution >= 0.6 is 11.6 Å². The molecule has 2 aromatic rings. The maximum atomic E-state index is 12.7. The minimum Gasteiger partial charge on any atom is -0.480 e. The fourth-order valence-electron chi connectivity index (χ4n) is 2.31. The van der Waals surface area contributed by atoms with Gasteiger partial charge in [0.1, 0.15) is 11.7 Å². The van der Waals surface area contributed by atoms with Gasteiger partial charge in [-0.2, -0.15) is 5.10 Å². The van der Waals surface area contributed by atoms with Crippen molar-refractivity contribution in [2.75, 3.05) is 0 Å². The normalized spacial score (nSPS) is 12.7. The predicted octanol–water partition coefficient (Wildman–Crippen LogP) is 3.55. The number of rotatable bonds is 5. The summed E-state index contributed by atoms with van der Waals surface area (Å²) in [7, 11) is 0. The Labute approximate surface area is 151 Å². The van der Waals surface area contributed by atoms with Crippen molar-refractivity contribution in [3.8, 4) is 11.3 Å². The number of aromatic nitrogens is 2. The summed E-state index contributed by atoms with van der Waals surface area (Å²) >= 11 is 6.27. The average molecular weight is 364 g/mol. The molecule has 134 valence electrons. The van der Waals surface area contributed by atoms with E-state index in [0.717, 1.165) is 0 Å². The van der Waals surface area contributed by atoms with E-state index in [1.165, 1.54) is 0 Å². The molecule has 1 heterocycles. The second kappa shape index (κ2) is 7.27. The highest BCUT2D eigenvalue weighted by Crippen LogP contribution is 2.30. The summed E-state index contributed by atoms with van der Waals surface area (Å²) < 4.78 is 1.68. The molecule has 0 saturated carbocycles. The number of aliphatic carboxylic acids is 1. The number of carbonyl (C=O) groups excluding carboxylic acids is 1. The molecule has 2 N–H and O–H groups in total. The molecule has 1 amide bonds. The number of nitrogens with one attached hydrogen (secondary N) is 1. The topological polar surface area (TPSA) is 84.2 Å². The minimum absolute atomic E-state index is 0.288. The Morgan fingerprint density at radius 2 is 1.96 bits per heavy atom. The zero-order valence-corrected chi connectivity index (χ0v) is 15.5. The van der Waals surface area contributed by atoms with E-state index in [1.807, 2.05) is 26.8 Å². The molecule has 1 unspecified atom stereocenters. The first-order valence-corrected chi connectivity index (χ1v) is 8.41. The third-order valence-corrected chi connectivity index (χ3v) is 4.12. The van der Waals surface area contributed by atoms with Gasteiger partial charge in [-0.15, -0.1) is 0 Å². The monoisotopic (exact) mass is 363 g/mol. The van der Waals surface area contributed by atoms with Crippen LogP contribution in [0.4, 0.5) is 0 Å². The second-order valence-electron chi connectivity index (χ2n) is 6.76. The maximum Gasteiger partial charge on any atom is 0.326 e. The average Bonchev–Trinajstić information content (AvgIpc) is 2.97. The van der Waals surface area contributed by atoms with Crippen molar-refractivity contribution in [2.24, 2.45) is 0 Å². The highest BCUT2D eigenvalue weighted by atomic mass is 35.5. The molecule has 0 bridgehead atoms. The number of halogens is 1. The number of hydrogen-bond donors (Lipinski definition) is 2. The largest absolute Gasteiger partial charge is 0.480 e. The van der Waals surface area contributed by atoms with Gasteiger partial charge in [0.05, 0.1) is 16.1 Å². The van der Waals surface area contributed by atoms with Crippen LogP contribution < -0.4 is 5.32 Å². The van der Waals surface area contributed by atoms with Crippen LogP contribution in [0, 0.1) is 0 Å². The van der Waals surface area contributed by atoms with Crippen LogP contribution in [0.1, 0.15) is 44.5 Å². The molecule has 1 aromatic heterocycles. The zero-order chi connectivity index (χ0) is 18.8. The van der Waals surface area contributed by atoms with Gasteiger partial charge >= 0.3 is 5.97 Å². The summed E-state index contributed by atoms with van der Waals surface area (Å²) in [5.41, 5.74) is 1.01. The molecule has 0 fully saturated rings. The van der Waals surface area contributed by atoms with Crippen molar-refractivity contribution in [3.05, 3.63) is 41.0 Å². The Kier molecular flexibility index (Phi) is 5.52. The number of hydrogen-bond acceptors (Lipinski definition) is 3. The Morgan fingerprint density at radius 1 is 1.32 bits per heavy atom. The van der Waals surface area contributed by atoms with Crippen molar-refractivity contribution in [1.82, 2.24) is 15.1 Å². The molecule has 2 rings (SSSR count). The SMILES string of the molecule is CCC(NC(=O)c1cn(C(C)(C)C)nc1-c1ccccc1Cl)C(=O)O. The first-order valence-electron chi connectivity index (χ1n) is 8.03. The van der Waals surface area contributed by atoms with Crippen LogP contribution in [-0.4, -0.2) is 32.8 Å². The van der Waals surface area contributed by atoms with Crippen molar-refractivity contribution >= 4 is 23.5 Å². The molecule has 0 aliphatic carbocycles. The summed E-state index contributed by atoms with van der Waals surface area (Å²) in [6, 6.07) is 6.16. The van der Waals surface area contributed by atoms with E-state index in [-0.39, 0.29) is 12.0 Å². The summed E-state index contributed by atoms with van der Waals surface area (Å²) in [5, 5.41) is 16.7. The number of amides is 1. The van der Waals surface area contributed by atoms with Gasteiger partial charge in [0.15, 0.2) is 0 Å². The van der Waals surface area contributed by atoms with E-state index in [1.54, 1.807) is 36.0 Å². The fraction of sp³-hybridized carbons (Fsp3) is 0.389. The summed E-state index contributed by atoms with van der Waals surface area (Å²) in [4.78, 5) is 23.9. The van der Waals surface area contributed by atoms with Gasteiger partial charge in [-0.25, -0.2) is 4.79 Å². The van der Waals surface area contributed by atoms with Crippen LogP contribution in [0.5, 0.6) is 0 Å². The maximum absolute atomic E-state index is 12.7. The Balaban J connectivity index is 2.52. The second-order valence-corrected chi connectivity index (χ2v) is 7.17. The first-order chi connectivity index (χ1) is 11.6. The molecule has 1 atom stereocenters. The van der Waals surface area contributed by atoms with Crippen molar-refractivity contribution in [1.29, 1.82) is 0 Å². The smallest absolute Gasteiger partial charge is 0.326 e. The quantitative estimate of drug-likeness (QED) is 0.850. The molecule has 6 nitrogen and oxygen atoms in total. The number of nitrogens with zero attached hydrogens (tertiary/aromatic N) is 2. The Morgan fingerprint density at radius 3 is 2.48 bits per heavy atom.